The summed E-state index contributed by atoms with van der Waals surface area (Å²) in [4.78, 5) is 22.8. The van der Waals surface area contributed by atoms with Gasteiger partial charge < -0.3 is 10.6 Å². The third-order valence-electron chi connectivity index (χ3n) is 3.15. The number of hydrogen-bond acceptors (Lipinski definition) is 5. The molecule has 1 aromatic carbocycles. The monoisotopic (exact) mass is 387 g/mol. The number of sulfonamides is 1. The van der Waals surface area contributed by atoms with E-state index < -0.39 is 10.0 Å². The van der Waals surface area contributed by atoms with E-state index in [9.17, 15) is 18.0 Å². The van der Waals surface area contributed by atoms with Crippen molar-refractivity contribution in [2.24, 2.45) is 0 Å². The zero-order valence-corrected chi connectivity index (χ0v) is 16.1. The number of benzene rings is 1. The Kier molecular flexibility index (Phi) is 9.54. The van der Waals surface area contributed by atoms with Crippen LogP contribution in [-0.2, 0) is 19.6 Å². The quantitative estimate of drug-likeness (QED) is 0.397. The summed E-state index contributed by atoms with van der Waals surface area (Å²) in [6.45, 7) is 3.81. The van der Waals surface area contributed by atoms with Crippen molar-refractivity contribution in [1.29, 1.82) is 0 Å². The van der Waals surface area contributed by atoms with Crippen LogP contribution in [0.3, 0.4) is 0 Å². The van der Waals surface area contributed by atoms with Crippen LogP contribution < -0.4 is 15.4 Å². The number of rotatable bonds is 11. The molecule has 0 aromatic heterocycles. The van der Waals surface area contributed by atoms with Gasteiger partial charge in [-0.2, -0.15) is 0 Å². The Morgan fingerprint density at radius 2 is 2.00 bits per heavy atom. The van der Waals surface area contributed by atoms with Gasteiger partial charge in [0.05, 0.1) is 10.8 Å². The molecule has 0 atom stereocenters. The summed E-state index contributed by atoms with van der Waals surface area (Å²) in [6, 6.07) is 6.17. The number of unbranched alkanes of at least 4 members (excludes halogenated alkanes) is 1. The van der Waals surface area contributed by atoms with Crippen molar-refractivity contribution < 1.29 is 18.0 Å². The second-order valence-corrected chi connectivity index (χ2v) is 8.24. The average molecular weight is 388 g/mol. The van der Waals surface area contributed by atoms with E-state index in [1.807, 2.05) is 6.92 Å². The minimum Gasteiger partial charge on any atom is -0.347 e. The van der Waals surface area contributed by atoms with Crippen molar-refractivity contribution in [2.75, 3.05) is 23.5 Å². The van der Waals surface area contributed by atoms with Gasteiger partial charge in [-0.05, 0) is 24.6 Å². The first-order valence-corrected chi connectivity index (χ1v) is 10.7. The molecule has 0 saturated carbocycles. The third-order valence-corrected chi connectivity index (χ3v) is 5.45. The van der Waals surface area contributed by atoms with Gasteiger partial charge in [-0.25, -0.2) is 13.1 Å². The van der Waals surface area contributed by atoms with E-state index in [1.165, 1.54) is 30.8 Å². The fraction of sp³-hybridized carbons (Fsp3) is 0.500. The molecule has 0 spiro atoms. The molecular weight excluding hydrogens is 362 g/mol. The maximum atomic E-state index is 12.2. The van der Waals surface area contributed by atoms with Gasteiger partial charge in [0.2, 0.25) is 21.8 Å². The zero-order chi connectivity index (χ0) is 18.7. The van der Waals surface area contributed by atoms with Crippen LogP contribution in [0.5, 0.6) is 0 Å². The highest BCUT2D eigenvalue weighted by Gasteiger charge is 2.14. The van der Waals surface area contributed by atoms with Gasteiger partial charge in [0.1, 0.15) is 0 Å². The molecule has 1 rings (SSSR count). The first-order chi connectivity index (χ1) is 11.8. The molecule has 0 radical (unpaired) electrons. The standard InChI is InChI=1S/C16H25N3O4S2/c1-3-4-9-18-25(22,23)15-7-5-6-14(11-15)19-16(21)8-10-24-12-17-13(2)20/h5-7,11,18H,3-4,8-10,12H2,1-2H3,(H,17,20)(H,19,21). The largest absolute Gasteiger partial charge is 0.347 e. The summed E-state index contributed by atoms with van der Waals surface area (Å²) in [5, 5.41) is 5.32. The first-order valence-electron chi connectivity index (χ1n) is 8.07. The number of nitrogens with one attached hydrogen (secondary N) is 3. The minimum atomic E-state index is -3.57. The third kappa shape index (κ3) is 8.89. The highest BCUT2D eigenvalue weighted by Crippen LogP contribution is 2.16. The van der Waals surface area contributed by atoms with Crippen LogP contribution in [0, 0.1) is 0 Å². The van der Waals surface area contributed by atoms with E-state index in [0.29, 0.717) is 23.9 Å². The number of carbonyl (C=O) groups is 2. The lowest BCUT2D eigenvalue weighted by Crippen LogP contribution is -2.24. The molecule has 2 amide bonds. The Morgan fingerprint density at radius 3 is 2.68 bits per heavy atom. The molecule has 0 saturated heterocycles. The van der Waals surface area contributed by atoms with E-state index in [1.54, 1.807) is 12.1 Å². The van der Waals surface area contributed by atoms with E-state index in [4.69, 9.17) is 0 Å². The molecule has 3 N–H and O–H groups in total. The SMILES string of the molecule is CCCCNS(=O)(=O)c1cccc(NC(=O)CCSCNC(C)=O)c1. The second kappa shape index (κ2) is 11.1. The number of anilines is 1. The first kappa shape index (κ1) is 21.5. The molecule has 0 aliphatic heterocycles. The van der Waals surface area contributed by atoms with Crippen molar-refractivity contribution in [2.45, 2.75) is 38.0 Å². The summed E-state index contributed by atoms with van der Waals surface area (Å²) in [6.07, 6.45) is 1.94. The van der Waals surface area contributed by atoms with Gasteiger partial charge in [0.15, 0.2) is 0 Å². The summed E-state index contributed by atoms with van der Waals surface area (Å²) in [7, 11) is -3.57. The molecule has 0 aliphatic carbocycles. The molecule has 140 valence electrons. The van der Waals surface area contributed by atoms with E-state index in [2.05, 4.69) is 15.4 Å². The van der Waals surface area contributed by atoms with Crippen molar-refractivity contribution in [3.8, 4) is 0 Å². The average Bonchev–Trinajstić information content (AvgIpc) is 2.54. The maximum absolute atomic E-state index is 12.2. The topological polar surface area (TPSA) is 104 Å². The van der Waals surface area contributed by atoms with Crippen LogP contribution in [0.4, 0.5) is 5.69 Å². The molecule has 0 fully saturated rings. The molecule has 25 heavy (non-hydrogen) atoms. The van der Waals surface area contributed by atoms with Crippen LogP contribution in [0.2, 0.25) is 0 Å². The van der Waals surface area contributed by atoms with Crippen LogP contribution in [-0.4, -0.2) is 38.4 Å². The van der Waals surface area contributed by atoms with Crippen LogP contribution >= 0.6 is 11.8 Å². The van der Waals surface area contributed by atoms with Gasteiger partial charge in [-0.15, -0.1) is 11.8 Å². The normalized spacial score (nSPS) is 11.1. The fourth-order valence-electron chi connectivity index (χ4n) is 1.82. The fourth-order valence-corrected chi connectivity index (χ4v) is 3.72. The smallest absolute Gasteiger partial charge is 0.240 e. The van der Waals surface area contributed by atoms with Gasteiger partial charge >= 0.3 is 0 Å². The lowest BCUT2D eigenvalue weighted by molar-refractivity contribution is -0.118. The highest BCUT2D eigenvalue weighted by atomic mass is 32.2. The molecule has 0 heterocycles. The molecule has 0 unspecified atom stereocenters. The second-order valence-electron chi connectivity index (χ2n) is 5.36. The molecule has 9 heteroatoms. The van der Waals surface area contributed by atoms with E-state index in [-0.39, 0.29) is 23.1 Å². The number of carbonyl (C=O) groups excluding carboxylic acids is 2. The molecular formula is C16H25N3O4S2. The number of thioether (sulfide) groups is 1. The summed E-state index contributed by atoms with van der Waals surface area (Å²) >= 11 is 1.44. The Hall–Kier alpha value is -1.58. The number of amides is 2. The molecule has 0 aliphatic rings. The van der Waals surface area contributed by atoms with Crippen molar-refractivity contribution in [3.63, 3.8) is 0 Å². The molecule has 1 aromatic rings. The van der Waals surface area contributed by atoms with Gasteiger partial charge in [-0.3, -0.25) is 9.59 Å². The summed E-state index contributed by atoms with van der Waals surface area (Å²) < 4.78 is 26.9. The van der Waals surface area contributed by atoms with Gasteiger partial charge in [-0.1, -0.05) is 19.4 Å². The van der Waals surface area contributed by atoms with Crippen molar-refractivity contribution in [1.82, 2.24) is 10.0 Å². The lowest BCUT2D eigenvalue weighted by Gasteiger charge is -2.09. The van der Waals surface area contributed by atoms with Crippen LogP contribution in [0.1, 0.15) is 33.1 Å². The number of hydrogen-bond donors (Lipinski definition) is 3. The summed E-state index contributed by atoms with van der Waals surface area (Å²) in [5.41, 5.74) is 0.440. The van der Waals surface area contributed by atoms with Gasteiger partial charge in [0.25, 0.3) is 0 Å². The molecule has 0 bridgehead atoms. The molecule has 7 nitrogen and oxygen atoms in total. The van der Waals surface area contributed by atoms with Crippen molar-refractivity contribution in [3.05, 3.63) is 24.3 Å². The predicted molar refractivity (Wildman–Crippen MR) is 101 cm³/mol. The van der Waals surface area contributed by atoms with Crippen LogP contribution in [0.25, 0.3) is 0 Å². The van der Waals surface area contributed by atoms with Crippen LogP contribution in [0.15, 0.2) is 29.2 Å². The minimum absolute atomic E-state index is 0.109. The summed E-state index contributed by atoms with van der Waals surface area (Å²) in [5.74, 6) is 0.703. The Bertz CT molecular complexity index is 678. The predicted octanol–water partition coefficient (Wildman–Crippen LogP) is 1.92. The van der Waals surface area contributed by atoms with E-state index in [0.717, 1.165) is 12.8 Å². The van der Waals surface area contributed by atoms with Crippen molar-refractivity contribution >= 4 is 39.3 Å². The Balaban J connectivity index is 2.51. The zero-order valence-electron chi connectivity index (χ0n) is 14.5. The van der Waals surface area contributed by atoms with Gasteiger partial charge in [0, 0.05) is 31.3 Å². The lowest BCUT2D eigenvalue weighted by atomic mass is 10.3. The Morgan fingerprint density at radius 1 is 1.24 bits per heavy atom. The highest BCUT2D eigenvalue weighted by molar-refractivity contribution is 7.99. The Labute approximate surface area is 153 Å². The maximum Gasteiger partial charge on any atom is 0.240 e. The van der Waals surface area contributed by atoms with E-state index >= 15 is 0 Å².